The third kappa shape index (κ3) is 4.94. The topological polar surface area (TPSA) is 44.4 Å². The molecule has 1 aliphatic rings. The molecule has 2 rings (SSSR count). The van der Waals surface area contributed by atoms with E-state index in [0.29, 0.717) is 0 Å². The maximum atomic E-state index is 10.9. The molecule has 1 unspecified atom stereocenters. The van der Waals surface area contributed by atoms with Crippen molar-refractivity contribution in [3.63, 3.8) is 0 Å². The van der Waals surface area contributed by atoms with Gasteiger partial charge < -0.3 is 15.5 Å². The number of amides is 1. The van der Waals surface area contributed by atoms with Crippen molar-refractivity contribution in [3.05, 3.63) is 29.8 Å². The third-order valence-corrected chi connectivity index (χ3v) is 3.76. The van der Waals surface area contributed by atoms with Crippen LogP contribution in [0.5, 0.6) is 0 Å². The van der Waals surface area contributed by atoms with Crippen LogP contribution in [0.15, 0.2) is 24.3 Å². The quantitative estimate of drug-likeness (QED) is 0.864. The molecule has 1 fully saturated rings. The molecule has 2 N–H and O–H groups in total. The SMILES string of the molecule is CC(=O)Nc1ccc(CNCC2CCCN(C)C2)cc1. The van der Waals surface area contributed by atoms with Crippen LogP contribution in [-0.4, -0.2) is 37.5 Å². The van der Waals surface area contributed by atoms with E-state index in [-0.39, 0.29) is 5.91 Å². The molecule has 0 aliphatic carbocycles. The van der Waals surface area contributed by atoms with Crippen LogP contribution in [0, 0.1) is 5.92 Å². The zero-order chi connectivity index (χ0) is 14.4. The highest BCUT2D eigenvalue weighted by Crippen LogP contribution is 2.14. The van der Waals surface area contributed by atoms with Gasteiger partial charge in [-0.3, -0.25) is 4.79 Å². The first-order chi connectivity index (χ1) is 9.63. The van der Waals surface area contributed by atoms with Crippen molar-refractivity contribution in [3.8, 4) is 0 Å². The van der Waals surface area contributed by atoms with Crippen LogP contribution in [-0.2, 0) is 11.3 Å². The van der Waals surface area contributed by atoms with Crippen molar-refractivity contribution >= 4 is 11.6 Å². The summed E-state index contributed by atoms with van der Waals surface area (Å²) in [4.78, 5) is 13.4. The Morgan fingerprint density at radius 1 is 1.35 bits per heavy atom. The normalized spacial score (nSPS) is 19.8. The summed E-state index contributed by atoms with van der Waals surface area (Å²) in [5, 5.41) is 6.32. The lowest BCUT2D eigenvalue weighted by molar-refractivity contribution is -0.114. The van der Waals surface area contributed by atoms with E-state index in [2.05, 4.69) is 34.7 Å². The maximum Gasteiger partial charge on any atom is 0.221 e. The van der Waals surface area contributed by atoms with Crippen molar-refractivity contribution in [1.82, 2.24) is 10.2 Å². The number of carbonyl (C=O) groups is 1. The van der Waals surface area contributed by atoms with Crippen LogP contribution in [0.2, 0.25) is 0 Å². The summed E-state index contributed by atoms with van der Waals surface area (Å²) in [6, 6.07) is 8.02. The summed E-state index contributed by atoms with van der Waals surface area (Å²) in [5.74, 6) is 0.740. The van der Waals surface area contributed by atoms with Gasteiger partial charge in [0, 0.05) is 25.7 Å². The van der Waals surface area contributed by atoms with E-state index >= 15 is 0 Å². The number of benzene rings is 1. The molecule has 1 aromatic rings. The molecule has 1 atom stereocenters. The Morgan fingerprint density at radius 2 is 2.10 bits per heavy atom. The number of carbonyl (C=O) groups excluding carboxylic acids is 1. The molecular weight excluding hydrogens is 250 g/mol. The molecule has 110 valence electrons. The predicted molar refractivity (Wildman–Crippen MR) is 82.7 cm³/mol. The molecule has 0 aromatic heterocycles. The number of nitrogens with zero attached hydrogens (tertiary/aromatic N) is 1. The fourth-order valence-electron chi connectivity index (χ4n) is 2.77. The van der Waals surface area contributed by atoms with Crippen LogP contribution in [0.4, 0.5) is 5.69 Å². The first-order valence-electron chi connectivity index (χ1n) is 7.39. The zero-order valence-electron chi connectivity index (χ0n) is 12.5. The summed E-state index contributed by atoms with van der Waals surface area (Å²) in [6.45, 7) is 5.94. The summed E-state index contributed by atoms with van der Waals surface area (Å²) >= 11 is 0. The highest BCUT2D eigenvalue weighted by Gasteiger charge is 2.16. The van der Waals surface area contributed by atoms with Crippen LogP contribution < -0.4 is 10.6 Å². The van der Waals surface area contributed by atoms with Gasteiger partial charge in [0.1, 0.15) is 0 Å². The fourth-order valence-corrected chi connectivity index (χ4v) is 2.77. The molecule has 0 saturated carbocycles. The molecule has 1 aromatic carbocycles. The van der Waals surface area contributed by atoms with Crippen molar-refractivity contribution in [2.75, 3.05) is 32.0 Å². The average Bonchev–Trinajstić information content (AvgIpc) is 2.40. The van der Waals surface area contributed by atoms with Gasteiger partial charge in [-0.1, -0.05) is 12.1 Å². The van der Waals surface area contributed by atoms with Gasteiger partial charge >= 0.3 is 0 Å². The Bertz CT molecular complexity index is 430. The van der Waals surface area contributed by atoms with Gasteiger partial charge in [-0.05, 0) is 56.6 Å². The first kappa shape index (κ1) is 15.0. The standard InChI is InChI=1S/C16H25N3O/c1-13(20)18-16-7-5-14(6-8-16)10-17-11-15-4-3-9-19(2)12-15/h5-8,15,17H,3-4,9-12H2,1-2H3,(H,18,20). The van der Waals surface area contributed by atoms with E-state index < -0.39 is 0 Å². The van der Waals surface area contributed by atoms with Crippen molar-refractivity contribution < 1.29 is 4.79 Å². The number of likely N-dealkylation sites (tertiary alicyclic amines) is 1. The highest BCUT2D eigenvalue weighted by molar-refractivity contribution is 5.88. The van der Waals surface area contributed by atoms with Gasteiger partial charge in [-0.2, -0.15) is 0 Å². The van der Waals surface area contributed by atoms with E-state index in [0.717, 1.165) is 24.7 Å². The Morgan fingerprint density at radius 3 is 2.75 bits per heavy atom. The smallest absolute Gasteiger partial charge is 0.221 e. The minimum Gasteiger partial charge on any atom is -0.326 e. The lowest BCUT2D eigenvalue weighted by Crippen LogP contribution is -2.37. The third-order valence-electron chi connectivity index (χ3n) is 3.76. The lowest BCUT2D eigenvalue weighted by atomic mass is 9.98. The first-order valence-corrected chi connectivity index (χ1v) is 7.39. The molecule has 0 spiro atoms. The van der Waals surface area contributed by atoms with Crippen LogP contribution in [0.25, 0.3) is 0 Å². The number of hydrogen-bond acceptors (Lipinski definition) is 3. The minimum atomic E-state index is -0.0303. The Labute approximate surface area is 121 Å². The minimum absolute atomic E-state index is 0.0303. The molecule has 4 nitrogen and oxygen atoms in total. The van der Waals surface area contributed by atoms with Gasteiger partial charge in [0.2, 0.25) is 5.91 Å². The van der Waals surface area contributed by atoms with Crippen molar-refractivity contribution in [2.24, 2.45) is 5.92 Å². The van der Waals surface area contributed by atoms with Crippen LogP contribution in [0.3, 0.4) is 0 Å². The Kier molecular flexibility index (Phi) is 5.56. The molecule has 0 radical (unpaired) electrons. The van der Waals surface area contributed by atoms with Gasteiger partial charge in [0.15, 0.2) is 0 Å². The summed E-state index contributed by atoms with van der Waals surface area (Å²) in [5.41, 5.74) is 2.11. The maximum absolute atomic E-state index is 10.9. The van der Waals surface area contributed by atoms with Gasteiger partial charge in [0.25, 0.3) is 0 Å². The molecule has 0 bridgehead atoms. The highest BCUT2D eigenvalue weighted by atomic mass is 16.1. The van der Waals surface area contributed by atoms with Crippen LogP contribution >= 0.6 is 0 Å². The molecular formula is C16H25N3O. The number of hydrogen-bond donors (Lipinski definition) is 2. The second-order valence-electron chi connectivity index (χ2n) is 5.78. The lowest BCUT2D eigenvalue weighted by Gasteiger charge is -2.29. The predicted octanol–water partition coefficient (Wildman–Crippen LogP) is 2.08. The van der Waals surface area contributed by atoms with Crippen molar-refractivity contribution in [2.45, 2.75) is 26.3 Å². The Hall–Kier alpha value is -1.39. The Balaban J connectivity index is 1.72. The number of nitrogens with one attached hydrogen (secondary N) is 2. The summed E-state index contributed by atoms with van der Waals surface area (Å²) in [7, 11) is 2.20. The van der Waals surface area contributed by atoms with E-state index in [1.54, 1.807) is 0 Å². The van der Waals surface area contributed by atoms with Gasteiger partial charge in [-0.15, -0.1) is 0 Å². The van der Waals surface area contributed by atoms with Gasteiger partial charge in [0.05, 0.1) is 0 Å². The van der Waals surface area contributed by atoms with Gasteiger partial charge in [-0.25, -0.2) is 0 Å². The monoisotopic (exact) mass is 275 g/mol. The van der Waals surface area contributed by atoms with Crippen LogP contribution in [0.1, 0.15) is 25.3 Å². The fraction of sp³-hybridized carbons (Fsp3) is 0.562. The molecule has 4 heteroatoms. The zero-order valence-corrected chi connectivity index (χ0v) is 12.5. The number of rotatable bonds is 5. The second-order valence-corrected chi connectivity index (χ2v) is 5.78. The average molecular weight is 275 g/mol. The van der Waals surface area contributed by atoms with E-state index in [1.165, 1.54) is 38.4 Å². The van der Waals surface area contributed by atoms with Crippen molar-refractivity contribution in [1.29, 1.82) is 0 Å². The molecule has 20 heavy (non-hydrogen) atoms. The van der Waals surface area contributed by atoms with E-state index in [9.17, 15) is 4.79 Å². The van der Waals surface area contributed by atoms with E-state index in [4.69, 9.17) is 0 Å². The largest absolute Gasteiger partial charge is 0.326 e. The van der Waals surface area contributed by atoms with E-state index in [1.807, 2.05) is 12.1 Å². The number of piperidine rings is 1. The molecule has 1 aliphatic heterocycles. The second kappa shape index (κ2) is 7.41. The molecule has 1 saturated heterocycles. The molecule has 1 heterocycles. The summed E-state index contributed by atoms with van der Waals surface area (Å²) in [6.07, 6.45) is 2.65. The number of anilines is 1. The summed E-state index contributed by atoms with van der Waals surface area (Å²) < 4.78 is 0. The molecule has 1 amide bonds.